The number of hydrogen-bond donors (Lipinski definition) is 0. The molecule has 1 fully saturated rings. The summed E-state index contributed by atoms with van der Waals surface area (Å²) in [5, 5.41) is 11.7. The molecule has 0 aromatic heterocycles. The molecule has 0 heterocycles. The van der Waals surface area contributed by atoms with Gasteiger partial charge < -0.3 is 9.74 Å². The third-order valence-electron chi connectivity index (χ3n) is 5.02. The number of anilines is 1. The van der Waals surface area contributed by atoms with Crippen LogP contribution in [0.15, 0.2) is 18.2 Å². The predicted octanol–water partition coefficient (Wildman–Crippen LogP) is 5.41. The van der Waals surface area contributed by atoms with Crippen molar-refractivity contribution in [3.05, 3.63) is 45.3 Å². The van der Waals surface area contributed by atoms with Gasteiger partial charge in [-0.1, -0.05) is 46.1 Å². The normalized spacial score (nSPS) is 16.4. The molecule has 25 heavy (non-hydrogen) atoms. The van der Waals surface area contributed by atoms with E-state index in [0.717, 1.165) is 30.6 Å². The van der Waals surface area contributed by atoms with Crippen LogP contribution in [0.3, 0.4) is 0 Å². The lowest BCUT2D eigenvalue weighted by Gasteiger charge is -2.37. The molecule has 1 aliphatic carbocycles. The first-order chi connectivity index (χ1) is 11.9. The van der Waals surface area contributed by atoms with Crippen molar-refractivity contribution in [3.8, 4) is 0 Å². The SMILES string of the molecule is [C-]#[N+]C[C@@H](C)c1ccc(N(CC(C)C)C2CCCCC2)c([N+](=O)[O-])c1. The van der Waals surface area contributed by atoms with E-state index < -0.39 is 0 Å². The third-order valence-corrected chi connectivity index (χ3v) is 5.02. The fraction of sp³-hybridized carbons (Fsp3) is 0.650. The molecular weight excluding hydrogens is 314 g/mol. The zero-order valence-corrected chi connectivity index (χ0v) is 15.6. The average Bonchev–Trinajstić information content (AvgIpc) is 2.60. The van der Waals surface area contributed by atoms with Crippen LogP contribution < -0.4 is 4.90 Å². The molecule has 0 aliphatic heterocycles. The highest BCUT2D eigenvalue weighted by Gasteiger charge is 2.28. The van der Waals surface area contributed by atoms with Crippen molar-refractivity contribution in [1.29, 1.82) is 0 Å². The summed E-state index contributed by atoms with van der Waals surface area (Å²) in [5.41, 5.74) is 1.80. The minimum absolute atomic E-state index is 0.0125. The monoisotopic (exact) mass is 343 g/mol. The summed E-state index contributed by atoms with van der Waals surface area (Å²) in [6.07, 6.45) is 5.89. The highest BCUT2D eigenvalue weighted by Crippen LogP contribution is 2.36. The van der Waals surface area contributed by atoms with E-state index >= 15 is 0 Å². The van der Waals surface area contributed by atoms with Gasteiger partial charge in [-0.2, -0.15) is 0 Å². The Kier molecular flexibility index (Phi) is 6.81. The smallest absolute Gasteiger partial charge is 0.292 e. The van der Waals surface area contributed by atoms with Gasteiger partial charge in [0.2, 0.25) is 6.54 Å². The Morgan fingerprint density at radius 2 is 1.96 bits per heavy atom. The van der Waals surface area contributed by atoms with Crippen LogP contribution in [0.25, 0.3) is 4.85 Å². The number of nitro groups is 1. The summed E-state index contributed by atoms with van der Waals surface area (Å²) in [6.45, 7) is 14.5. The van der Waals surface area contributed by atoms with Crippen molar-refractivity contribution >= 4 is 11.4 Å². The Hall–Kier alpha value is -2.09. The van der Waals surface area contributed by atoms with Crippen LogP contribution in [0.4, 0.5) is 11.4 Å². The first kappa shape index (κ1) is 19.2. The second-order valence-electron chi connectivity index (χ2n) is 7.59. The molecule has 1 saturated carbocycles. The Bertz CT molecular complexity index is 630. The largest absolute Gasteiger partial charge is 0.363 e. The van der Waals surface area contributed by atoms with Crippen molar-refractivity contribution in [2.45, 2.75) is 64.8 Å². The van der Waals surface area contributed by atoms with E-state index in [4.69, 9.17) is 6.57 Å². The van der Waals surface area contributed by atoms with Crippen molar-refractivity contribution in [2.75, 3.05) is 18.0 Å². The molecule has 0 bridgehead atoms. The lowest BCUT2D eigenvalue weighted by Crippen LogP contribution is -2.39. The molecule has 0 spiro atoms. The predicted molar refractivity (Wildman–Crippen MR) is 102 cm³/mol. The second kappa shape index (κ2) is 8.84. The third kappa shape index (κ3) is 4.94. The molecule has 0 N–H and O–H groups in total. The van der Waals surface area contributed by atoms with E-state index in [1.165, 1.54) is 19.3 Å². The summed E-state index contributed by atoms with van der Waals surface area (Å²) < 4.78 is 0. The number of hydrogen-bond acceptors (Lipinski definition) is 3. The quantitative estimate of drug-likeness (QED) is 0.378. The maximum atomic E-state index is 11.7. The van der Waals surface area contributed by atoms with E-state index in [0.29, 0.717) is 18.5 Å². The Balaban J connectivity index is 2.41. The van der Waals surface area contributed by atoms with Crippen molar-refractivity contribution in [3.63, 3.8) is 0 Å². The molecule has 1 aromatic carbocycles. The number of nitrogens with zero attached hydrogens (tertiary/aromatic N) is 3. The molecule has 1 aromatic rings. The van der Waals surface area contributed by atoms with Gasteiger partial charge in [0, 0.05) is 18.7 Å². The molecule has 0 radical (unpaired) electrons. The number of benzene rings is 1. The maximum Gasteiger partial charge on any atom is 0.292 e. The van der Waals surface area contributed by atoms with Gasteiger partial charge in [0.05, 0.1) is 10.8 Å². The first-order valence-corrected chi connectivity index (χ1v) is 9.32. The van der Waals surface area contributed by atoms with Gasteiger partial charge in [-0.3, -0.25) is 10.1 Å². The average molecular weight is 343 g/mol. The lowest BCUT2D eigenvalue weighted by atomic mass is 9.92. The van der Waals surface area contributed by atoms with E-state index in [-0.39, 0.29) is 16.5 Å². The molecule has 5 nitrogen and oxygen atoms in total. The Labute approximate surface area is 151 Å². The fourth-order valence-corrected chi connectivity index (χ4v) is 3.71. The van der Waals surface area contributed by atoms with Gasteiger partial charge >= 0.3 is 0 Å². The summed E-state index contributed by atoms with van der Waals surface area (Å²) in [6, 6.07) is 5.95. The van der Waals surface area contributed by atoms with Crippen LogP contribution in [0, 0.1) is 22.6 Å². The van der Waals surface area contributed by atoms with E-state index in [2.05, 4.69) is 23.6 Å². The van der Waals surface area contributed by atoms with Crippen LogP contribution >= 0.6 is 0 Å². The van der Waals surface area contributed by atoms with Gasteiger partial charge in [-0.25, -0.2) is 6.57 Å². The Morgan fingerprint density at radius 1 is 1.28 bits per heavy atom. The number of nitro benzene ring substituents is 1. The molecule has 0 unspecified atom stereocenters. The zero-order chi connectivity index (χ0) is 18.4. The number of rotatable bonds is 7. The maximum absolute atomic E-state index is 11.7. The van der Waals surface area contributed by atoms with Gasteiger partial charge in [-0.15, -0.1) is 0 Å². The van der Waals surface area contributed by atoms with Crippen molar-refractivity contribution < 1.29 is 4.92 Å². The van der Waals surface area contributed by atoms with Crippen LogP contribution in [0.5, 0.6) is 0 Å². The van der Waals surface area contributed by atoms with E-state index in [1.807, 2.05) is 19.1 Å². The summed E-state index contributed by atoms with van der Waals surface area (Å²) >= 11 is 0. The molecule has 136 valence electrons. The summed E-state index contributed by atoms with van der Waals surface area (Å²) in [4.78, 5) is 17.2. The van der Waals surface area contributed by atoms with Gasteiger partial charge in [-0.05, 0) is 30.4 Å². The molecule has 1 atom stereocenters. The van der Waals surface area contributed by atoms with Gasteiger partial charge in [0.1, 0.15) is 5.69 Å². The van der Waals surface area contributed by atoms with Crippen LogP contribution in [0.1, 0.15) is 64.4 Å². The highest BCUT2D eigenvalue weighted by molar-refractivity contribution is 5.65. The van der Waals surface area contributed by atoms with E-state index in [9.17, 15) is 10.1 Å². The molecule has 5 heteroatoms. The lowest BCUT2D eigenvalue weighted by molar-refractivity contribution is -0.384. The fourth-order valence-electron chi connectivity index (χ4n) is 3.71. The minimum Gasteiger partial charge on any atom is -0.363 e. The molecular formula is C20H29N3O2. The standard InChI is InChI=1S/C20H29N3O2/c1-15(2)14-22(18-8-6-5-7-9-18)19-11-10-17(16(3)13-21-4)12-20(19)23(24)25/h10-12,15-16,18H,5-9,13-14H2,1-3H3/t16-/m1/s1. The summed E-state index contributed by atoms with van der Waals surface area (Å²) in [7, 11) is 0. The highest BCUT2D eigenvalue weighted by atomic mass is 16.6. The van der Waals surface area contributed by atoms with Crippen LogP contribution in [-0.4, -0.2) is 24.1 Å². The molecule has 2 rings (SSSR count). The van der Waals surface area contributed by atoms with Gasteiger partial charge in [0.25, 0.3) is 5.69 Å². The van der Waals surface area contributed by atoms with Gasteiger partial charge in [0.15, 0.2) is 0 Å². The van der Waals surface area contributed by atoms with Crippen molar-refractivity contribution in [1.82, 2.24) is 0 Å². The molecule has 0 amide bonds. The van der Waals surface area contributed by atoms with Crippen molar-refractivity contribution in [2.24, 2.45) is 5.92 Å². The van der Waals surface area contributed by atoms with Crippen LogP contribution in [0.2, 0.25) is 0 Å². The van der Waals surface area contributed by atoms with E-state index in [1.54, 1.807) is 6.07 Å². The van der Waals surface area contributed by atoms with Crippen LogP contribution in [-0.2, 0) is 0 Å². The molecule has 0 saturated heterocycles. The zero-order valence-electron chi connectivity index (χ0n) is 15.6. The topological polar surface area (TPSA) is 50.7 Å². The Morgan fingerprint density at radius 3 is 2.52 bits per heavy atom. The molecule has 1 aliphatic rings. The first-order valence-electron chi connectivity index (χ1n) is 9.32. The summed E-state index contributed by atoms with van der Waals surface area (Å²) in [5.74, 6) is 0.459. The minimum atomic E-state index is -0.264. The second-order valence-corrected chi connectivity index (χ2v) is 7.59.